The van der Waals surface area contributed by atoms with Crippen molar-refractivity contribution in [3.8, 4) is 0 Å². The third kappa shape index (κ3) is 1.80. The predicted molar refractivity (Wildman–Crippen MR) is 47.2 cm³/mol. The number of imidazole rings is 1. The fourth-order valence-electron chi connectivity index (χ4n) is 0.944. The lowest BCUT2D eigenvalue weighted by Gasteiger charge is -1.90. The summed E-state index contributed by atoms with van der Waals surface area (Å²) in [6.45, 7) is 5.57. The van der Waals surface area contributed by atoms with E-state index in [-0.39, 0.29) is 0 Å². The van der Waals surface area contributed by atoms with Gasteiger partial charge >= 0.3 is 0 Å². The molecule has 0 atom stereocenters. The normalized spacial score (nSPS) is 10.7. The SMILES string of the molecule is C=C/C=C\c1nc(C)cn1C. The average Bonchev–Trinajstić information content (AvgIpc) is 2.26. The van der Waals surface area contributed by atoms with Gasteiger partial charge in [-0.15, -0.1) is 0 Å². The smallest absolute Gasteiger partial charge is 0.132 e. The number of aromatic nitrogens is 2. The van der Waals surface area contributed by atoms with Crippen LogP contribution in [0.1, 0.15) is 11.5 Å². The van der Waals surface area contributed by atoms with Crippen molar-refractivity contribution in [3.63, 3.8) is 0 Å². The molecule has 0 radical (unpaired) electrons. The van der Waals surface area contributed by atoms with Crippen molar-refractivity contribution < 1.29 is 0 Å². The minimum absolute atomic E-state index is 0.961. The minimum atomic E-state index is 0.961. The Kier molecular flexibility index (Phi) is 2.26. The van der Waals surface area contributed by atoms with Crippen LogP contribution < -0.4 is 0 Å². The molecule has 0 spiro atoms. The molecule has 2 nitrogen and oxygen atoms in total. The van der Waals surface area contributed by atoms with Crippen LogP contribution in [0.2, 0.25) is 0 Å². The summed E-state index contributed by atoms with van der Waals surface area (Å²) in [6.07, 6.45) is 7.54. The van der Waals surface area contributed by atoms with Gasteiger partial charge in [0.25, 0.3) is 0 Å². The topological polar surface area (TPSA) is 17.8 Å². The summed E-state index contributed by atoms with van der Waals surface area (Å²) >= 11 is 0. The maximum Gasteiger partial charge on any atom is 0.132 e. The number of nitrogens with zero attached hydrogens (tertiary/aromatic N) is 2. The highest BCUT2D eigenvalue weighted by molar-refractivity contribution is 5.43. The van der Waals surface area contributed by atoms with Gasteiger partial charge in [0.05, 0.1) is 5.69 Å². The zero-order valence-electron chi connectivity index (χ0n) is 6.91. The summed E-state index contributed by atoms with van der Waals surface area (Å²) in [5.41, 5.74) is 1.04. The third-order valence-electron chi connectivity index (χ3n) is 1.41. The monoisotopic (exact) mass is 148 g/mol. The van der Waals surface area contributed by atoms with Crippen LogP contribution in [0.4, 0.5) is 0 Å². The van der Waals surface area contributed by atoms with E-state index < -0.39 is 0 Å². The van der Waals surface area contributed by atoms with Crippen molar-refractivity contribution in [2.24, 2.45) is 7.05 Å². The highest BCUT2D eigenvalue weighted by Gasteiger charge is 1.95. The highest BCUT2D eigenvalue weighted by Crippen LogP contribution is 2.01. The Labute approximate surface area is 66.9 Å². The molecule has 1 rings (SSSR count). The zero-order valence-corrected chi connectivity index (χ0v) is 6.91. The Morgan fingerprint density at radius 3 is 2.82 bits per heavy atom. The van der Waals surface area contributed by atoms with Gasteiger partial charge in [0.2, 0.25) is 0 Å². The third-order valence-corrected chi connectivity index (χ3v) is 1.41. The molecule has 2 heteroatoms. The highest BCUT2D eigenvalue weighted by atomic mass is 15.0. The Bertz CT molecular complexity index is 282. The van der Waals surface area contributed by atoms with E-state index in [0.29, 0.717) is 0 Å². The Balaban J connectivity index is 2.93. The first-order chi connectivity index (χ1) is 5.24. The summed E-state index contributed by atoms with van der Waals surface area (Å²) in [7, 11) is 1.97. The van der Waals surface area contributed by atoms with Crippen molar-refractivity contribution in [1.82, 2.24) is 9.55 Å². The number of hydrogen-bond acceptors (Lipinski definition) is 1. The van der Waals surface area contributed by atoms with Crippen LogP contribution in [-0.4, -0.2) is 9.55 Å². The molecule has 1 heterocycles. The Morgan fingerprint density at radius 2 is 2.36 bits per heavy atom. The van der Waals surface area contributed by atoms with Gasteiger partial charge in [-0.2, -0.15) is 0 Å². The van der Waals surface area contributed by atoms with Crippen LogP contribution in [0.3, 0.4) is 0 Å². The second-order valence-corrected chi connectivity index (χ2v) is 2.45. The lowest BCUT2D eigenvalue weighted by Crippen LogP contribution is -1.88. The molecule has 0 aromatic carbocycles. The molecule has 0 aliphatic carbocycles. The maximum absolute atomic E-state index is 4.28. The van der Waals surface area contributed by atoms with Gasteiger partial charge in [-0.1, -0.05) is 18.7 Å². The van der Waals surface area contributed by atoms with E-state index in [0.717, 1.165) is 11.5 Å². The van der Waals surface area contributed by atoms with Gasteiger partial charge in [0, 0.05) is 13.2 Å². The molecule has 11 heavy (non-hydrogen) atoms. The Hall–Kier alpha value is -1.31. The second kappa shape index (κ2) is 3.19. The van der Waals surface area contributed by atoms with Crippen LogP contribution >= 0.6 is 0 Å². The molecule has 0 saturated heterocycles. The van der Waals surface area contributed by atoms with E-state index in [4.69, 9.17) is 0 Å². The molecule has 0 saturated carbocycles. The molecule has 0 aliphatic heterocycles. The van der Waals surface area contributed by atoms with Crippen LogP contribution in [-0.2, 0) is 7.05 Å². The average molecular weight is 148 g/mol. The van der Waals surface area contributed by atoms with Gasteiger partial charge in [-0.3, -0.25) is 0 Å². The van der Waals surface area contributed by atoms with E-state index >= 15 is 0 Å². The number of aryl methyl sites for hydroxylation is 2. The molecular formula is C9H12N2. The summed E-state index contributed by atoms with van der Waals surface area (Å²) in [4.78, 5) is 4.28. The van der Waals surface area contributed by atoms with Gasteiger partial charge in [-0.25, -0.2) is 4.98 Å². The second-order valence-electron chi connectivity index (χ2n) is 2.45. The van der Waals surface area contributed by atoms with Crippen LogP contribution in [0.15, 0.2) is 24.9 Å². The van der Waals surface area contributed by atoms with Crippen LogP contribution in [0.25, 0.3) is 6.08 Å². The van der Waals surface area contributed by atoms with E-state index in [2.05, 4.69) is 11.6 Å². The number of allylic oxidation sites excluding steroid dienone is 2. The summed E-state index contributed by atoms with van der Waals surface area (Å²) < 4.78 is 1.98. The van der Waals surface area contributed by atoms with Crippen LogP contribution in [0, 0.1) is 6.92 Å². The van der Waals surface area contributed by atoms with Gasteiger partial charge in [-0.05, 0) is 13.0 Å². The largest absolute Gasteiger partial charge is 0.334 e. The molecule has 0 fully saturated rings. The van der Waals surface area contributed by atoms with Gasteiger partial charge < -0.3 is 4.57 Å². The van der Waals surface area contributed by atoms with E-state index in [1.54, 1.807) is 6.08 Å². The van der Waals surface area contributed by atoms with Crippen LogP contribution in [0.5, 0.6) is 0 Å². The fraction of sp³-hybridized carbons (Fsp3) is 0.222. The minimum Gasteiger partial charge on any atom is -0.334 e. The van der Waals surface area contributed by atoms with Crippen molar-refractivity contribution in [3.05, 3.63) is 36.4 Å². The van der Waals surface area contributed by atoms with Crippen molar-refractivity contribution >= 4 is 6.08 Å². The molecule has 1 aromatic rings. The van der Waals surface area contributed by atoms with Gasteiger partial charge in [0.15, 0.2) is 0 Å². The van der Waals surface area contributed by atoms with Gasteiger partial charge in [0.1, 0.15) is 5.82 Å². The van der Waals surface area contributed by atoms with E-state index in [1.807, 2.05) is 36.9 Å². The standard InChI is InChI=1S/C9H12N2/c1-4-5-6-9-10-8(2)7-11(9)3/h4-7H,1H2,2-3H3/b6-5-. The molecule has 0 aliphatic rings. The first-order valence-corrected chi connectivity index (χ1v) is 3.53. The maximum atomic E-state index is 4.28. The molecule has 0 N–H and O–H groups in total. The predicted octanol–water partition coefficient (Wildman–Crippen LogP) is 1.93. The van der Waals surface area contributed by atoms with E-state index in [9.17, 15) is 0 Å². The lowest BCUT2D eigenvalue weighted by molar-refractivity contribution is 0.897. The van der Waals surface area contributed by atoms with Crippen molar-refractivity contribution in [1.29, 1.82) is 0 Å². The molecular weight excluding hydrogens is 136 g/mol. The molecule has 0 amide bonds. The fourth-order valence-corrected chi connectivity index (χ4v) is 0.944. The lowest BCUT2D eigenvalue weighted by atomic mass is 10.4. The molecule has 58 valence electrons. The van der Waals surface area contributed by atoms with E-state index in [1.165, 1.54) is 0 Å². The first-order valence-electron chi connectivity index (χ1n) is 3.53. The molecule has 0 bridgehead atoms. The number of hydrogen-bond donors (Lipinski definition) is 0. The zero-order chi connectivity index (χ0) is 8.27. The first kappa shape index (κ1) is 7.79. The summed E-state index contributed by atoms with van der Waals surface area (Å²) in [6, 6.07) is 0. The van der Waals surface area contributed by atoms with Crippen molar-refractivity contribution in [2.45, 2.75) is 6.92 Å². The summed E-state index contributed by atoms with van der Waals surface area (Å²) in [5.74, 6) is 0.961. The Morgan fingerprint density at radius 1 is 1.64 bits per heavy atom. The quantitative estimate of drug-likeness (QED) is 0.586. The molecule has 0 unspecified atom stereocenters. The molecule has 1 aromatic heterocycles. The number of rotatable bonds is 2. The summed E-state index contributed by atoms with van der Waals surface area (Å²) in [5, 5.41) is 0. The van der Waals surface area contributed by atoms with Crippen molar-refractivity contribution in [2.75, 3.05) is 0 Å².